The van der Waals surface area contributed by atoms with Crippen LogP contribution in [0.15, 0.2) is 93.3 Å². The second-order valence-corrected chi connectivity index (χ2v) is 20.1. The van der Waals surface area contributed by atoms with E-state index in [-0.39, 0.29) is 88.0 Å². The lowest BCUT2D eigenvalue weighted by Crippen LogP contribution is -2.30. The number of hydrogen-bond donors (Lipinski definition) is 3. The number of carbonyl (C=O) groups excluding carboxylic acids is 8. The molecule has 3 saturated carbocycles. The van der Waals surface area contributed by atoms with Gasteiger partial charge in [0.2, 0.25) is 0 Å². The molecular formula is C59H60ClF6N3O14. The number of methoxy groups -OCH3 is 3. The summed E-state index contributed by atoms with van der Waals surface area (Å²) in [5, 5.41) is 5.98. The molecule has 0 unspecified atom stereocenters. The smallest absolute Gasteiger partial charge is 0.337 e. The molecule has 4 N–H and O–H groups in total. The Bertz CT molecular complexity index is 3140. The van der Waals surface area contributed by atoms with Crippen molar-refractivity contribution in [3.63, 3.8) is 0 Å². The molecule has 3 aliphatic carbocycles. The minimum atomic E-state index is -0.922. The normalized spacial score (nSPS) is 18.5. The Kier molecular flexibility index (Phi) is 21.7. The van der Waals surface area contributed by atoms with Crippen LogP contribution in [-0.4, -0.2) is 94.9 Å². The Morgan fingerprint density at radius 1 is 0.651 bits per heavy atom. The van der Waals surface area contributed by atoms with Gasteiger partial charge in [-0.3, -0.25) is 14.4 Å². The van der Waals surface area contributed by atoms with Gasteiger partial charge in [0, 0.05) is 52.5 Å². The number of allylic oxidation sites excluding steroid dienone is 3. The summed E-state index contributed by atoms with van der Waals surface area (Å²) in [5.41, 5.74) is 10.1. The molecule has 3 aromatic rings. The highest BCUT2D eigenvalue weighted by Crippen LogP contribution is 2.52. The summed E-state index contributed by atoms with van der Waals surface area (Å²) in [7, 11) is 3.76. The number of aldehydes is 1. The van der Waals surface area contributed by atoms with E-state index in [1.165, 1.54) is 39.5 Å². The van der Waals surface area contributed by atoms with E-state index in [1.807, 2.05) is 0 Å². The van der Waals surface area contributed by atoms with E-state index in [4.69, 9.17) is 36.3 Å². The number of hydrogen-bond acceptors (Lipinski definition) is 17. The van der Waals surface area contributed by atoms with Gasteiger partial charge in [0.25, 0.3) is 0 Å². The first-order valence-corrected chi connectivity index (χ1v) is 26.6. The number of dihydropyridines is 2. The lowest BCUT2D eigenvalue weighted by Gasteiger charge is -2.29. The lowest BCUT2D eigenvalue weighted by molar-refractivity contribution is -0.145. The maximum Gasteiger partial charge on any atom is 0.337 e. The summed E-state index contributed by atoms with van der Waals surface area (Å²) in [4.78, 5) is 91.3. The van der Waals surface area contributed by atoms with Crippen molar-refractivity contribution in [2.24, 2.45) is 5.73 Å². The molecule has 7 aliphatic rings. The zero-order valence-corrected chi connectivity index (χ0v) is 47.0. The predicted molar refractivity (Wildman–Crippen MR) is 284 cm³/mol. The topological polar surface area (TPSA) is 242 Å². The number of rotatable bonds is 13. The van der Waals surface area contributed by atoms with E-state index >= 15 is 0 Å². The Balaban J connectivity index is 0.000000180. The van der Waals surface area contributed by atoms with Gasteiger partial charge in [-0.25, -0.2) is 50.3 Å². The summed E-state index contributed by atoms with van der Waals surface area (Å²) in [6.45, 7) is 7.00. The molecule has 3 aromatic carbocycles. The number of cyclic esters (lactones) is 2. The van der Waals surface area contributed by atoms with E-state index in [0.717, 1.165) is 62.8 Å². The number of nitrogens with two attached hydrogens (primary N) is 1. The number of benzene rings is 3. The quantitative estimate of drug-likeness (QED) is 0.0275. The maximum atomic E-state index is 14.6. The molecular weight excluding hydrogens is 1120 g/mol. The average molecular weight is 1180 g/mol. The third kappa shape index (κ3) is 15.7. The largest absolute Gasteiger partial charge is 0.466 e. The summed E-state index contributed by atoms with van der Waals surface area (Å²) in [5.74, 6) is -9.76. The highest BCUT2D eigenvalue weighted by molar-refractivity contribution is 6.28. The van der Waals surface area contributed by atoms with E-state index in [2.05, 4.69) is 20.1 Å². The SMILES string of the molecule is CCOC(=O)CC(=O)CCl.COC(=O)/C=C(/C)N.COC(=O)C1=C(C)NC2=C(C(=O)OC2)[C@@H]1c1cc(F)cc(F)c1C1CC1.COC(=O)C1=C(C)NC2=C(C(=O)OC2)[C@H]1c1cc(F)cc(F)c1C1CC1.O=Cc1cc(F)cc(F)c1C1CC1. The highest BCUT2D eigenvalue weighted by atomic mass is 35.5. The Morgan fingerprint density at radius 2 is 1.05 bits per heavy atom. The zero-order valence-electron chi connectivity index (χ0n) is 46.2. The second kappa shape index (κ2) is 28.2. The number of carbonyl (C=O) groups is 8. The molecule has 444 valence electrons. The first kappa shape index (κ1) is 64.0. The van der Waals surface area contributed by atoms with Gasteiger partial charge >= 0.3 is 35.8 Å². The fourth-order valence-electron chi connectivity index (χ4n) is 9.78. The van der Waals surface area contributed by atoms with Crippen LogP contribution in [-0.2, 0) is 62.0 Å². The molecule has 0 radical (unpaired) electrons. The number of ketones is 1. The van der Waals surface area contributed by atoms with Crippen LogP contribution in [0, 0.1) is 34.9 Å². The van der Waals surface area contributed by atoms with Crippen molar-refractivity contribution in [2.75, 3.05) is 47.0 Å². The fraction of sp³-hybridized carbons (Fsp3) is 0.390. The number of halogens is 7. The molecule has 10 rings (SSSR count). The van der Waals surface area contributed by atoms with Crippen LogP contribution >= 0.6 is 11.6 Å². The third-order valence-electron chi connectivity index (χ3n) is 13.7. The molecule has 2 atom stereocenters. The van der Waals surface area contributed by atoms with Crippen molar-refractivity contribution in [1.82, 2.24) is 10.6 Å². The van der Waals surface area contributed by atoms with Crippen molar-refractivity contribution in [3.8, 4) is 0 Å². The second-order valence-electron chi connectivity index (χ2n) is 19.8. The summed E-state index contributed by atoms with van der Waals surface area (Å²) < 4.78 is 112. The molecule has 0 bridgehead atoms. The zero-order chi connectivity index (χ0) is 61.1. The Labute approximate surface area is 478 Å². The Morgan fingerprint density at radius 3 is 1.39 bits per heavy atom. The molecule has 17 nitrogen and oxygen atoms in total. The molecule has 0 aromatic heterocycles. The summed E-state index contributed by atoms with van der Waals surface area (Å²) in [6, 6.07) is 6.02. The van der Waals surface area contributed by atoms with E-state index in [0.29, 0.717) is 58.1 Å². The van der Waals surface area contributed by atoms with Crippen LogP contribution in [0.2, 0.25) is 0 Å². The van der Waals surface area contributed by atoms with Crippen molar-refractivity contribution >= 4 is 59.5 Å². The van der Waals surface area contributed by atoms with Crippen LogP contribution < -0.4 is 16.4 Å². The monoisotopic (exact) mass is 1180 g/mol. The first-order valence-electron chi connectivity index (χ1n) is 26.0. The van der Waals surface area contributed by atoms with Crippen LogP contribution in [0.25, 0.3) is 0 Å². The van der Waals surface area contributed by atoms with Crippen molar-refractivity contribution in [2.45, 2.75) is 102 Å². The summed E-state index contributed by atoms with van der Waals surface area (Å²) >= 11 is 5.14. The van der Waals surface area contributed by atoms with Crippen LogP contribution in [0.4, 0.5) is 26.3 Å². The van der Waals surface area contributed by atoms with E-state index < -0.39 is 82.6 Å². The van der Waals surface area contributed by atoms with Crippen LogP contribution in [0.5, 0.6) is 0 Å². The van der Waals surface area contributed by atoms with Gasteiger partial charge in [0.05, 0.1) is 79.3 Å². The molecule has 0 saturated heterocycles. The lowest BCUT2D eigenvalue weighted by atomic mass is 9.78. The molecule has 0 spiro atoms. The number of Topliss-reactive ketones (excluding diaryl/α,β-unsaturated/α-hetero) is 1. The first-order chi connectivity index (χ1) is 39.4. The third-order valence-corrected chi connectivity index (χ3v) is 14.0. The van der Waals surface area contributed by atoms with Gasteiger partial charge in [0.15, 0.2) is 12.1 Å². The molecule has 4 heterocycles. The number of esters is 6. The highest BCUT2D eigenvalue weighted by Gasteiger charge is 2.46. The van der Waals surface area contributed by atoms with Crippen molar-refractivity contribution < 1.29 is 93.1 Å². The van der Waals surface area contributed by atoms with Gasteiger partial charge in [-0.05, 0) is 124 Å². The van der Waals surface area contributed by atoms with Gasteiger partial charge in [0.1, 0.15) is 54.5 Å². The maximum absolute atomic E-state index is 14.6. The minimum absolute atomic E-state index is 0.0347. The van der Waals surface area contributed by atoms with Crippen molar-refractivity contribution in [1.29, 1.82) is 0 Å². The fourth-order valence-corrected chi connectivity index (χ4v) is 9.87. The van der Waals surface area contributed by atoms with E-state index in [9.17, 15) is 64.7 Å². The number of nitrogens with one attached hydrogen (secondary N) is 2. The predicted octanol–water partition coefficient (Wildman–Crippen LogP) is 9.00. The van der Waals surface area contributed by atoms with Gasteiger partial charge in [-0.2, -0.15) is 0 Å². The Hall–Kier alpha value is -8.21. The average Bonchev–Trinajstić information content (AvgIpc) is 3.14. The molecule has 0 amide bonds. The van der Waals surface area contributed by atoms with Crippen molar-refractivity contribution in [3.05, 3.63) is 162 Å². The molecule has 3 fully saturated rings. The minimum Gasteiger partial charge on any atom is -0.466 e. The van der Waals surface area contributed by atoms with Crippen LogP contribution in [0.1, 0.15) is 140 Å². The van der Waals surface area contributed by atoms with Gasteiger partial charge in [-0.1, -0.05) is 0 Å². The molecule has 83 heavy (non-hydrogen) atoms. The van der Waals surface area contributed by atoms with Gasteiger partial charge < -0.3 is 44.8 Å². The number of alkyl halides is 1. The van der Waals surface area contributed by atoms with Crippen LogP contribution in [0.3, 0.4) is 0 Å². The van der Waals surface area contributed by atoms with E-state index in [1.54, 1.807) is 27.7 Å². The summed E-state index contributed by atoms with van der Waals surface area (Å²) in [6.07, 6.45) is 6.45. The molecule has 4 aliphatic heterocycles. The molecule has 24 heteroatoms. The standard InChI is InChI=1S/2C19H17F2NO4.C10H8F2O.C6H9ClO3.C5H9NO2/c2*1-8-14(18(23)25-2)16(17-13(22-8)7-26-19(17)24)11-5-10(20)6-12(21)15(11)9-3-4-9;11-8-3-7(5-13)10(6-1-2-6)9(12)4-8;1-2-10-6(9)3-5(8)4-7;1-4(6)3-5(7)8-2/h2*5-6,9,16,22H,3-4,7H2,1-2H3;3-6H,1-2H2;2-4H2,1H3;3H,6H2,1-2H3/b;;;;4-3-/t2*16-;;;/m10.../s1. The number of ether oxygens (including phenoxy) is 6. The van der Waals surface area contributed by atoms with Gasteiger partial charge in [-0.15, -0.1) is 11.6 Å².